The van der Waals surface area contributed by atoms with Crippen LogP contribution in [-0.4, -0.2) is 0 Å². The Morgan fingerprint density at radius 3 is 2.63 bits per heavy atom. The molecule has 1 aromatic heterocycles. The molecule has 0 spiro atoms. The van der Waals surface area contributed by atoms with Crippen LogP contribution in [0, 0.1) is 18.6 Å². The summed E-state index contributed by atoms with van der Waals surface area (Å²) in [5.74, 6) is -1.02. The molecule has 0 bridgehead atoms. The lowest BCUT2D eigenvalue weighted by molar-refractivity contribution is 0.584. The van der Waals surface area contributed by atoms with E-state index >= 15 is 0 Å². The Morgan fingerprint density at radius 2 is 1.95 bits per heavy atom. The maximum absolute atomic E-state index is 14.0. The number of benzene rings is 1. The van der Waals surface area contributed by atoms with Crippen molar-refractivity contribution in [2.45, 2.75) is 32.7 Å². The van der Waals surface area contributed by atoms with E-state index in [0.29, 0.717) is 10.4 Å². The van der Waals surface area contributed by atoms with Crippen molar-refractivity contribution in [2.75, 3.05) is 0 Å². The van der Waals surface area contributed by atoms with E-state index in [0.717, 1.165) is 17.7 Å². The van der Waals surface area contributed by atoms with E-state index < -0.39 is 11.6 Å². The molecule has 1 aromatic carbocycles. The molecule has 0 amide bonds. The Labute approximate surface area is 116 Å². The topological polar surface area (TPSA) is 26.0 Å². The van der Waals surface area contributed by atoms with Gasteiger partial charge in [-0.2, -0.15) is 0 Å². The summed E-state index contributed by atoms with van der Waals surface area (Å²) in [4.78, 5) is 1.57. The molecule has 0 fully saturated rings. The molecule has 1 unspecified atom stereocenters. The van der Waals surface area contributed by atoms with Crippen LogP contribution in [0.15, 0.2) is 24.3 Å². The predicted molar refractivity (Wildman–Crippen MR) is 76.2 cm³/mol. The second-order valence-electron chi connectivity index (χ2n) is 4.65. The van der Waals surface area contributed by atoms with Gasteiger partial charge in [-0.05, 0) is 37.1 Å². The van der Waals surface area contributed by atoms with Crippen LogP contribution in [0.1, 0.15) is 36.2 Å². The number of hydrogen-bond donors (Lipinski definition) is 1. The second kappa shape index (κ2) is 5.80. The van der Waals surface area contributed by atoms with Crippen LogP contribution in [-0.2, 0) is 0 Å². The van der Waals surface area contributed by atoms with Crippen LogP contribution in [0.4, 0.5) is 8.78 Å². The second-order valence-corrected chi connectivity index (χ2v) is 5.77. The van der Waals surface area contributed by atoms with Crippen LogP contribution in [0.25, 0.3) is 10.4 Å². The van der Waals surface area contributed by atoms with Gasteiger partial charge in [0.25, 0.3) is 0 Å². The van der Waals surface area contributed by atoms with Crippen molar-refractivity contribution < 1.29 is 8.78 Å². The minimum Gasteiger partial charge on any atom is -0.323 e. The minimum absolute atomic E-state index is 0.0555. The van der Waals surface area contributed by atoms with Crippen molar-refractivity contribution in [1.29, 1.82) is 0 Å². The standard InChI is InChI=1S/C15H17F2NS/c1-3-4-11(18)12-7-8-13(19-12)14-10(16)6-5-9(2)15(14)17/h5-8,11H,3-4,18H2,1-2H3. The van der Waals surface area contributed by atoms with E-state index in [1.807, 2.05) is 6.07 Å². The van der Waals surface area contributed by atoms with Crippen molar-refractivity contribution >= 4 is 11.3 Å². The van der Waals surface area contributed by atoms with E-state index in [1.54, 1.807) is 13.0 Å². The third-order valence-corrected chi connectivity index (χ3v) is 4.36. The Balaban J connectivity index is 2.41. The van der Waals surface area contributed by atoms with Gasteiger partial charge >= 0.3 is 0 Å². The Morgan fingerprint density at radius 1 is 1.21 bits per heavy atom. The summed E-state index contributed by atoms with van der Waals surface area (Å²) in [6.45, 7) is 3.70. The molecule has 0 radical (unpaired) electrons. The van der Waals surface area contributed by atoms with E-state index in [2.05, 4.69) is 6.92 Å². The minimum atomic E-state index is -0.527. The normalized spacial score (nSPS) is 12.7. The summed E-state index contributed by atoms with van der Waals surface area (Å²) in [7, 11) is 0. The number of nitrogens with two attached hydrogens (primary N) is 1. The van der Waals surface area contributed by atoms with Crippen molar-refractivity contribution in [2.24, 2.45) is 5.73 Å². The van der Waals surface area contributed by atoms with Crippen molar-refractivity contribution in [3.8, 4) is 10.4 Å². The molecule has 0 aliphatic rings. The zero-order chi connectivity index (χ0) is 14.0. The number of aryl methyl sites for hydroxylation is 1. The zero-order valence-corrected chi connectivity index (χ0v) is 11.9. The summed E-state index contributed by atoms with van der Waals surface area (Å²) in [6.07, 6.45) is 1.86. The molecule has 0 aliphatic carbocycles. The fraction of sp³-hybridized carbons (Fsp3) is 0.333. The molecule has 2 aromatic rings. The van der Waals surface area contributed by atoms with Gasteiger partial charge in [0.1, 0.15) is 11.6 Å². The summed E-state index contributed by atoms with van der Waals surface area (Å²) in [5.41, 5.74) is 6.53. The van der Waals surface area contributed by atoms with Gasteiger partial charge in [0, 0.05) is 15.8 Å². The molecule has 1 heterocycles. The van der Waals surface area contributed by atoms with Gasteiger partial charge in [-0.15, -0.1) is 11.3 Å². The molecule has 2 N–H and O–H groups in total. The summed E-state index contributed by atoms with van der Waals surface area (Å²) in [5, 5.41) is 0. The smallest absolute Gasteiger partial charge is 0.137 e. The van der Waals surface area contributed by atoms with E-state index in [1.165, 1.54) is 23.5 Å². The highest BCUT2D eigenvalue weighted by molar-refractivity contribution is 7.15. The van der Waals surface area contributed by atoms with Crippen LogP contribution < -0.4 is 5.73 Å². The van der Waals surface area contributed by atoms with Crippen LogP contribution >= 0.6 is 11.3 Å². The fourth-order valence-corrected chi connectivity index (χ4v) is 3.11. The van der Waals surface area contributed by atoms with Crippen molar-refractivity contribution in [1.82, 2.24) is 0 Å². The first-order chi connectivity index (χ1) is 9.04. The molecule has 1 atom stereocenters. The lowest BCUT2D eigenvalue weighted by Crippen LogP contribution is -2.07. The maximum atomic E-state index is 14.0. The third kappa shape index (κ3) is 2.85. The molecule has 4 heteroatoms. The van der Waals surface area contributed by atoms with Gasteiger partial charge in [-0.1, -0.05) is 19.4 Å². The first-order valence-electron chi connectivity index (χ1n) is 6.34. The molecular formula is C15H17F2NS. The first kappa shape index (κ1) is 14.2. The molecule has 1 nitrogen and oxygen atoms in total. The quantitative estimate of drug-likeness (QED) is 0.855. The SMILES string of the molecule is CCCC(N)c1ccc(-c2c(F)ccc(C)c2F)s1. The lowest BCUT2D eigenvalue weighted by atomic mass is 10.1. The van der Waals surface area contributed by atoms with E-state index in [9.17, 15) is 8.78 Å². The average Bonchev–Trinajstić information content (AvgIpc) is 2.84. The van der Waals surface area contributed by atoms with E-state index in [-0.39, 0.29) is 11.6 Å². The zero-order valence-electron chi connectivity index (χ0n) is 11.0. The molecule has 0 aliphatic heterocycles. The monoisotopic (exact) mass is 281 g/mol. The van der Waals surface area contributed by atoms with Crippen LogP contribution in [0.5, 0.6) is 0 Å². The summed E-state index contributed by atoms with van der Waals surface area (Å²) in [6, 6.07) is 6.31. The van der Waals surface area contributed by atoms with Gasteiger partial charge in [0.15, 0.2) is 0 Å². The Kier molecular flexibility index (Phi) is 4.32. The highest BCUT2D eigenvalue weighted by Crippen LogP contribution is 2.35. The predicted octanol–water partition coefficient (Wildman–Crippen LogP) is 4.80. The number of halogens is 2. The van der Waals surface area contributed by atoms with Gasteiger partial charge in [-0.3, -0.25) is 0 Å². The van der Waals surface area contributed by atoms with Crippen molar-refractivity contribution in [3.05, 3.63) is 46.3 Å². The first-order valence-corrected chi connectivity index (χ1v) is 7.16. The number of hydrogen-bond acceptors (Lipinski definition) is 2. The average molecular weight is 281 g/mol. The summed E-state index contributed by atoms with van der Waals surface area (Å²) >= 11 is 1.37. The van der Waals surface area contributed by atoms with Gasteiger partial charge in [0.05, 0.1) is 5.56 Å². The number of rotatable bonds is 4. The highest BCUT2D eigenvalue weighted by Gasteiger charge is 2.17. The van der Waals surface area contributed by atoms with Gasteiger partial charge < -0.3 is 5.73 Å². The van der Waals surface area contributed by atoms with Gasteiger partial charge in [0.2, 0.25) is 0 Å². The largest absolute Gasteiger partial charge is 0.323 e. The number of thiophene rings is 1. The molecule has 2 rings (SSSR count). The molecule has 0 saturated heterocycles. The molecule has 102 valence electrons. The van der Waals surface area contributed by atoms with Crippen LogP contribution in [0.3, 0.4) is 0 Å². The summed E-state index contributed by atoms with van der Waals surface area (Å²) < 4.78 is 27.9. The van der Waals surface area contributed by atoms with Crippen LogP contribution in [0.2, 0.25) is 0 Å². The molecule has 0 saturated carbocycles. The molecular weight excluding hydrogens is 264 g/mol. The highest BCUT2D eigenvalue weighted by atomic mass is 32.1. The maximum Gasteiger partial charge on any atom is 0.137 e. The van der Waals surface area contributed by atoms with Crippen molar-refractivity contribution in [3.63, 3.8) is 0 Å². The Hall–Kier alpha value is -1.26. The third-order valence-electron chi connectivity index (χ3n) is 3.12. The fourth-order valence-electron chi connectivity index (χ4n) is 2.02. The molecule has 19 heavy (non-hydrogen) atoms. The lowest BCUT2D eigenvalue weighted by Gasteiger charge is -2.07. The van der Waals surface area contributed by atoms with E-state index in [4.69, 9.17) is 5.73 Å². The Bertz CT molecular complexity index is 578. The van der Waals surface area contributed by atoms with Gasteiger partial charge in [-0.25, -0.2) is 8.78 Å².